The summed E-state index contributed by atoms with van der Waals surface area (Å²) in [5.41, 5.74) is 10.00. The molecule has 0 saturated heterocycles. The number of fused-ring (bicyclic) bond motifs is 1. The fourth-order valence-corrected chi connectivity index (χ4v) is 3.42. The summed E-state index contributed by atoms with van der Waals surface area (Å²) in [5.74, 6) is -6.67. The van der Waals surface area contributed by atoms with Crippen LogP contribution in [-0.2, 0) is 30.5 Å². The zero-order valence-electron chi connectivity index (χ0n) is 15.8. The molecule has 31 heavy (non-hydrogen) atoms. The van der Waals surface area contributed by atoms with E-state index in [2.05, 4.69) is 4.98 Å². The minimum Gasteiger partial charge on any atom is -0.364 e. The maximum absolute atomic E-state index is 13.8. The van der Waals surface area contributed by atoms with Crippen LogP contribution in [-0.4, -0.2) is 38.9 Å². The number of imidazole rings is 1. The molecular formula is C18H17F6N5O2. The highest BCUT2D eigenvalue weighted by Gasteiger charge is 2.41. The van der Waals surface area contributed by atoms with Crippen molar-refractivity contribution in [2.24, 2.45) is 11.5 Å². The van der Waals surface area contributed by atoms with E-state index in [1.807, 2.05) is 0 Å². The monoisotopic (exact) mass is 449 g/mol. The van der Waals surface area contributed by atoms with Crippen LogP contribution in [0.1, 0.15) is 34.0 Å². The first-order valence-electron chi connectivity index (χ1n) is 9.01. The normalized spacial score (nSPS) is 15.0. The van der Waals surface area contributed by atoms with Crippen molar-refractivity contribution in [2.75, 3.05) is 6.54 Å². The van der Waals surface area contributed by atoms with Gasteiger partial charge < -0.3 is 20.9 Å². The molecule has 0 fully saturated rings. The Kier molecular flexibility index (Phi) is 5.98. The minimum absolute atomic E-state index is 0.115. The van der Waals surface area contributed by atoms with Crippen LogP contribution in [0.15, 0.2) is 12.1 Å². The number of primary amides is 1. The molecule has 2 heterocycles. The van der Waals surface area contributed by atoms with Gasteiger partial charge in [-0.3, -0.25) is 9.59 Å². The molecule has 0 saturated carbocycles. The Balaban J connectivity index is 1.73. The van der Waals surface area contributed by atoms with Gasteiger partial charge in [0.15, 0.2) is 17.3 Å². The van der Waals surface area contributed by atoms with Crippen LogP contribution in [0.2, 0.25) is 0 Å². The van der Waals surface area contributed by atoms with Gasteiger partial charge in [-0.1, -0.05) is 0 Å². The van der Waals surface area contributed by atoms with E-state index >= 15 is 0 Å². The van der Waals surface area contributed by atoms with E-state index in [9.17, 15) is 35.9 Å². The van der Waals surface area contributed by atoms with Gasteiger partial charge in [-0.25, -0.2) is 18.2 Å². The molecule has 4 N–H and O–H groups in total. The third-order valence-corrected chi connectivity index (χ3v) is 4.85. The standard InChI is InChI=1S/C18H17F6N5O2/c19-10-6-12(21)11(20)4-8(10)3-9(25)5-14(30)28-1-2-29-13(7-28)15(16(26)31)27-17(29)18(22,23)24/h4,6,9H,1-3,5,7,25H2,(H2,26,31)/t9-/m1/s1. The number of carbonyl (C=O) groups excluding carboxylic acids is 2. The second kappa shape index (κ2) is 8.21. The molecule has 13 heteroatoms. The minimum atomic E-state index is -4.81. The molecule has 0 radical (unpaired) electrons. The number of halogens is 6. The number of carbonyl (C=O) groups is 2. The second-order valence-corrected chi connectivity index (χ2v) is 7.09. The smallest absolute Gasteiger partial charge is 0.364 e. The third-order valence-electron chi connectivity index (χ3n) is 4.85. The van der Waals surface area contributed by atoms with Crippen molar-refractivity contribution in [1.82, 2.24) is 14.5 Å². The summed E-state index contributed by atoms with van der Waals surface area (Å²) in [5, 5.41) is 0. The molecule has 1 aliphatic heterocycles. The largest absolute Gasteiger partial charge is 0.449 e. The van der Waals surface area contributed by atoms with E-state index in [-0.39, 0.29) is 43.7 Å². The van der Waals surface area contributed by atoms with Crippen LogP contribution >= 0.6 is 0 Å². The van der Waals surface area contributed by atoms with Gasteiger partial charge in [0.2, 0.25) is 11.7 Å². The summed E-state index contributed by atoms with van der Waals surface area (Å²) >= 11 is 0. The molecule has 2 aromatic rings. The highest BCUT2D eigenvalue weighted by Crippen LogP contribution is 2.32. The SMILES string of the molecule is NC(=O)c1nc(C(F)(F)F)n2c1CN(C(=O)C[C@H](N)Cc1cc(F)c(F)cc1F)CC2. The molecule has 0 bridgehead atoms. The maximum atomic E-state index is 13.8. The highest BCUT2D eigenvalue weighted by molar-refractivity contribution is 5.92. The van der Waals surface area contributed by atoms with Gasteiger partial charge in [-0.15, -0.1) is 0 Å². The Morgan fingerprint density at radius 2 is 1.74 bits per heavy atom. The van der Waals surface area contributed by atoms with E-state index in [4.69, 9.17) is 11.5 Å². The van der Waals surface area contributed by atoms with Gasteiger partial charge in [-0.2, -0.15) is 13.2 Å². The van der Waals surface area contributed by atoms with Crippen molar-refractivity contribution in [1.29, 1.82) is 0 Å². The molecule has 1 aliphatic rings. The number of hydrogen-bond donors (Lipinski definition) is 2. The van der Waals surface area contributed by atoms with Gasteiger partial charge in [-0.05, 0) is 18.1 Å². The lowest BCUT2D eigenvalue weighted by Crippen LogP contribution is -2.42. The topological polar surface area (TPSA) is 107 Å². The Labute approximate surface area is 171 Å². The lowest BCUT2D eigenvalue weighted by atomic mass is 10.0. The summed E-state index contributed by atoms with van der Waals surface area (Å²) in [6, 6.07) is 0.0425. The summed E-state index contributed by atoms with van der Waals surface area (Å²) in [6.07, 6.45) is -5.43. The summed E-state index contributed by atoms with van der Waals surface area (Å²) < 4.78 is 80.4. The molecule has 1 atom stereocenters. The first kappa shape index (κ1) is 22.6. The first-order chi connectivity index (χ1) is 14.4. The zero-order valence-corrected chi connectivity index (χ0v) is 15.8. The lowest BCUT2D eigenvalue weighted by Gasteiger charge is -2.30. The lowest BCUT2D eigenvalue weighted by molar-refractivity contribution is -0.148. The van der Waals surface area contributed by atoms with Crippen LogP contribution < -0.4 is 11.5 Å². The molecular weight excluding hydrogens is 432 g/mol. The first-order valence-corrected chi connectivity index (χ1v) is 9.01. The molecule has 0 spiro atoms. The predicted molar refractivity (Wildman–Crippen MR) is 93.8 cm³/mol. The summed E-state index contributed by atoms with van der Waals surface area (Å²) in [7, 11) is 0. The van der Waals surface area contributed by atoms with E-state index < -0.39 is 53.0 Å². The van der Waals surface area contributed by atoms with Crippen LogP contribution in [0.4, 0.5) is 26.3 Å². The van der Waals surface area contributed by atoms with Gasteiger partial charge in [0.1, 0.15) is 5.82 Å². The summed E-state index contributed by atoms with van der Waals surface area (Å²) in [4.78, 5) is 28.5. The summed E-state index contributed by atoms with van der Waals surface area (Å²) in [6.45, 7) is -0.745. The molecule has 168 valence electrons. The fraction of sp³-hybridized carbons (Fsp3) is 0.389. The van der Waals surface area contributed by atoms with E-state index in [0.29, 0.717) is 12.1 Å². The Hall–Kier alpha value is -3.09. The molecule has 0 aliphatic carbocycles. The number of nitrogens with zero attached hydrogens (tertiary/aromatic N) is 3. The predicted octanol–water partition coefficient (Wildman–Crippen LogP) is 1.72. The molecule has 1 aromatic heterocycles. The molecule has 3 rings (SSSR count). The fourth-order valence-electron chi connectivity index (χ4n) is 3.42. The average Bonchev–Trinajstić information content (AvgIpc) is 3.05. The van der Waals surface area contributed by atoms with Crippen molar-refractivity contribution in [3.63, 3.8) is 0 Å². The number of amides is 2. The van der Waals surface area contributed by atoms with Crippen molar-refractivity contribution in [2.45, 2.75) is 38.1 Å². The van der Waals surface area contributed by atoms with Gasteiger partial charge >= 0.3 is 6.18 Å². The number of aromatic nitrogens is 2. The van der Waals surface area contributed by atoms with Crippen molar-refractivity contribution in [3.8, 4) is 0 Å². The van der Waals surface area contributed by atoms with Crippen molar-refractivity contribution in [3.05, 3.63) is 52.4 Å². The van der Waals surface area contributed by atoms with Crippen molar-refractivity contribution < 1.29 is 35.9 Å². The van der Waals surface area contributed by atoms with Crippen LogP contribution in [0.5, 0.6) is 0 Å². The van der Waals surface area contributed by atoms with Crippen molar-refractivity contribution >= 4 is 11.8 Å². The van der Waals surface area contributed by atoms with Gasteiger partial charge in [0, 0.05) is 31.6 Å². The van der Waals surface area contributed by atoms with Crippen LogP contribution in [0.3, 0.4) is 0 Å². The van der Waals surface area contributed by atoms with Gasteiger partial charge in [0.05, 0.1) is 12.2 Å². The van der Waals surface area contributed by atoms with E-state index in [0.717, 1.165) is 4.57 Å². The van der Waals surface area contributed by atoms with Crippen LogP contribution in [0.25, 0.3) is 0 Å². The highest BCUT2D eigenvalue weighted by atomic mass is 19.4. The maximum Gasteiger partial charge on any atom is 0.449 e. The zero-order chi connectivity index (χ0) is 23.1. The third kappa shape index (κ3) is 4.65. The molecule has 1 aromatic carbocycles. The number of rotatable bonds is 5. The molecule has 7 nitrogen and oxygen atoms in total. The van der Waals surface area contributed by atoms with E-state index in [1.165, 1.54) is 4.90 Å². The Bertz CT molecular complexity index is 1040. The van der Waals surface area contributed by atoms with Gasteiger partial charge in [0.25, 0.3) is 5.91 Å². The molecule has 0 unspecified atom stereocenters. The molecule has 2 amide bonds. The second-order valence-electron chi connectivity index (χ2n) is 7.09. The van der Waals surface area contributed by atoms with Crippen LogP contribution in [0, 0.1) is 17.5 Å². The number of nitrogens with two attached hydrogens (primary N) is 2. The number of benzene rings is 1. The Morgan fingerprint density at radius 3 is 2.35 bits per heavy atom. The number of alkyl halides is 3. The quantitative estimate of drug-likeness (QED) is 0.536. The average molecular weight is 449 g/mol. The Morgan fingerprint density at radius 1 is 1.10 bits per heavy atom. The number of hydrogen-bond acceptors (Lipinski definition) is 4. The van der Waals surface area contributed by atoms with E-state index in [1.54, 1.807) is 0 Å².